The van der Waals surface area contributed by atoms with E-state index in [1.54, 1.807) is 7.11 Å². The van der Waals surface area contributed by atoms with E-state index in [1.807, 2.05) is 12.1 Å². The number of carbonyl (C=O) groups is 1. The number of hydrogen-bond donors (Lipinski definition) is 0. The van der Waals surface area contributed by atoms with Crippen molar-refractivity contribution in [2.24, 2.45) is 0 Å². The van der Waals surface area contributed by atoms with E-state index in [2.05, 4.69) is 52.0 Å². The molecule has 0 bridgehead atoms. The normalized spacial score (nSPS) is 24.8. The van der Waals surface area contributed by atoms with E-state index < -0.39 is 30.2 Å². The van der Waals surface area contributed by atoms with Crippen LogP contribution in [-0.2, 0) is 47.1 Å². The Morgan fingerprint density at radius 1 is 0.795 bits per heavy atom. The quantitative estimate of drug-likeness (QED) is 0.138. The van der Waals surface area contributed by atoms with Crippen molar-refractivity contribution < 1.29 is 38.0 Å². The Morgan fingerprint density at radius 3 is 2.09 bits per heavy atom. The molecule has 0 amide bonds. The maximum atomic E-state index is 12.6. The summed E-state index contributed by atoms with van der Waals surface area (Å²) in [5.74, 6) is 0.163. The van der Waals surface area contributed by atoms with Crippen LogP contribution in [0, 0.1) is 0 Å². The predicted octanol–water partition coefficient (Wildman–Crippen LogP) is 6.56. The summed E-state index contributed by atoms with van der Waals surface area (Å²) in [5, 5.41) is 0. The molecule has 0 N–H and O–H groups in total. The molecule has 0 unspecified atom stereocenters. The average Bonchev–Trinajstić information content (AvgIpc) is 3.05. The summed E-state index contributed by atoms with van der Waals surface area (Å²) < 4.78 is 44.1. The van der Waals surface area contributed by atoms with Crippen molar-refractivity contribution in [3.8, 4) is 11.5 Å². The molecule has 244 valence electrons. The Hall–Kier alpha value is -2.49. The summed E-state index contributed by atoms with van der Waals surface area (Å²) >= 11 is 0. The van der Waals surface area contributed by atoms with Crippen molar-refractivity contribution >= 4 is 6.29 Å². The fourth-order valence-corrected chi connectivity index (χ4v) is 5.96. The third-order valence-corrected chi connectivity index (χ3v) is 8.47. The van der Waals surface area contributed by atoms with E-state index in [9.17, 15) is 4.79 Å². The van der Waals surface area contributed by atoms with E-state index in [0.29, 0.717) is 39.5 Å². The van der Waals surface area contributed by atoms with Crippen LogP contribution in [0.25, 0.3) is 0 Å². The van der Waals surface area contributed by atoms with Crippen LogP contribution in [0.5, 0.6) is 11.5 Å². The van der Waals surface area contributed by atoms with Crippen molar-refractivity contribution in [1.82, 2.24) is 0 Å². The molecular weight excluding hydrogens is 560 g/mol. The second kappa shape index (κ2) is 17.3. The lowest BCUT2D eigenvalue weighted by molar-refractivity contribution is -0.370. The number of fused-ring (bicyclic) bond motifs is 1. The molecule has 2 aromatic carbocycles. The Kier molecular flexibility index (Phi) is 13.5. The number of benzene rings is 2. The number of hydrogen-bond acceptors (Lipinski definition) is 8. The molecule has 1 saturated heterocycles. The van der Waals surface area contributed by atoms with Gasteiger partial charge in [0, 0.05) is 32.5 Å². The summed E-state index contributed by atoms with van der Waals surface area (Å²) in [7, 11) is 1.62. The number of aryl methyl sites for hydroxylation is 1. The van der Waals surface area contributed by atoms with Gasteiger partial charge in [0.2, 0.25) is 5.79 Å². The summed E-state index contributed by atoms with van der Waals surface area (Å²) in [6, 6.07) is 12.4. The molecule has 5 atom stereocenters. The summed E-state index contributed by atoms with van der Waals surface area (Å²) in [6.07, 6.45) is 5.23. The van der Waals surface area contributed by atoms with Gasteiger partial charge in [0.15, 0.2) is 17.8 Å². The number of aldehydes is 1. The van der Waals surface area contributed by atoms with Gasteiger partial charge in [-0.3, -0.25) is 0 Å². The van der Waals surface area contributed by atoms with E-state index in [4.69, 9.17) is 33.2 Å². The summed E-state index contributed by atoms with van der Waals surface area (Å²) in [5.41, 5.74) is 4.26. The van der Waals surface area contributed by atoms with Crippen LogP contribution in [-0.4, -0.2) is 70.8 Å². The number of carbonyl (C=O) groups excluding carboxylic acids is 1. The lowest BCUT2D eigenvalue weighted by atomic mass is 9.85. The van der Waals surface area contributed by atoms with Crippen LogP contribution in [0.2, 0.25) is 0 Å². The monoisotopic (exact) mass is 612 g/mol. The van der Waals surface area contributed by atoms with E-state index >= 15 is 0 Å². The highest BCUT2D eigenvalue weighted by Gasteiger charge is 2.58. The average molecular weight is 613 g/mol. The Balaban J connectivity index is 1.76. The van der Waals surface area contributed by atoms with Gasteiger partial charge in [-0.2, -0.15) is 0 Å². The summed E-state index contributed by atoms with van der Waals surface area (Å²) in [4.78, 5) is 12.6. The van der Waals surface area contributed by atoms with Gasteiger partial charge in [0.05, 0.1) is 0 Å². The fourth-order valence-electron chi connectivity index (χ4n) is 5.96. The standard InChI is InChI=1S/C36H52O8/c1-6-10-17-41-33-32(25-37)44-36(38-5,35(43-19-12-8-3)34(33)42-18-11-7-2)29-15-14-27(9-4)28(24-29)22-26-13-16-30-31(23-26)40-21-20-39-30/h13-16,23-25,32-35H,6-12,17-22H2,1-5H3/t32-,33-,34+,35-,36-/m1/s1. The lowest BCUT2D eigenvalue weighted by Crippen LogP contribution is -2.66. The molecule has 2 aliphatic heterocycles. The van der Waals surface area contributed by atoms with Crippen LogP contribution in [0.15, 0.2) is 36.4 Å². The minimum atomic E-state index is -1.38. The van der Waals surface area contributed by atoms with E-state index in [-0.39, 0.29) is 0 Å². The first-order valence-electron chi connectivity index (χ1n) is 16.6. The molecule has 4 rings (SSSR count). The fraction of sp³-hybridized carbons (Fsp3) is 0.639. The van der Waals surface area contributed by atoms with Crippen molar-refractivity contribution in [3.05, 3.63) is 58.7 Å². The van der Waals surface area contributed by atoms with Gasteiger partial charge in [0.25, 0.3) is 0 Å². The second-order valence-corrected chi connectivity index (χ2v) is 11.6. The van der Waals surface area contributed by atoms with Crippen molar-refractivity contribution in [1.29, 1.82) is 0 Å². The minimum absolute atomic E-state index is 0.508. The second-order valence-electron chi connectivity index (χ2n) is 11.6. The molecule has 8 nitrogen and oxygen atoms in total. The smallest absolute Gasteiger partial charge is 0.225 e. The first-order valence-corrected chi connectivity index (χ1v) is 16.6. The maximum absolute atomic E-state index is 12.6. The molecule has 0 aliphatic carbocycles. The van der Waals surface area contributed by atoms with Crippen LogP contribution >= 0.6 is 0 Å². The molecular formula is C36H52O8. The van der Waals surface area contributed by atoms with Crippen LogP contribution in [0.3, 0.4) is 0 Å². The van der Waals surface area contributed by atoms with E-state index in [1.165, 1.54) is 5.56 Å². The third kappa shape index (κ3) is 8.01. The van der Waals surface area contributed by atoms with Crippen molar-refractivity contribution in [2.45, 2.75) is 109 Å². The van der Waals surface area contributed by atoms with Crippen molar-refractivity contribution in [2.75, 3.05) is 40.1 Å². The van der Waals surface area contributed by atoms with Gasteiger partial charge in [-0.05, 0) is 67.0 Å². The molecule has 0 spiro atoms. The molecule has 44 heavy (non-hydrogen) atoms. The van der Waals surface area contributed by atoms with Crippen LogP contribution < -0.4 is 9.47 Å². The molecule has 0 saturated carbocycles. The van der Waals surface area contributed by atoms with Crippen LogP contribution in [0.4, 0.5) is 0 Å². The van der Waals surface area contributed by atoms with Gasteiger partial charge in [-0.25, -0.2) is 0 Å². The molecule has 1 fully saturated rings. The topological polar surface area (TPSA) is 81.7 Å². The number of methoxy groups -OCH3 is 1. The number of unbranched alkanes of at least 4 members (excludes halogenated alkanes) is 3. The van der Waals surface area contributed by atoms with Gasteiger partial charge >= 0.3 is 0 Å². The number of rotatable bonds is 18. The maximum Gasteiger partial charge on any atom is 0.225 e. The van der Waals surface area contributed by atoms with E-state index in [0.717, 1.165) is 79.4 Å². The molecule has 2 aliphatic rings. The van der Waals surface area contributed by atoms with Crippen molar-refractivity contribution in [3.63, 3.8) is 0 Å². The molecule has 2 heterocycles. The highest BCUT2D eigenvalue weighted by atomic mass is 16.7. The Bertz CT molecular complexity index is 1170. The van der Waals surface area contributed by atoms with Gasteiger partial charge in [-0.15, -0.1) is 0 Å². The van der Waals surface area contributed by atoms with Gasteiger partial charge in [-0.1, -0.05) is 65.2 Å². The predicted molar refractivity (Wildman–Crippen MR) is 170 cm³/mol. The Labute approximate surface area is 263 Å². The first-order chi connectivity index (χ1) is 21.5. The molecule has 2 aromatic rings. The number of ether oxygens (including phenoxy) is 7. The molecule has 8 heteroatoms. The summed E-state index contributed by atoms with van der Waals surface area (Å²) in [6.45, 7) is 11.2. The van der Waals surface area contributed by atoms with Gasteiger partial charge < -0.3 is 38.0 Å². The van der Waals surface area contributed by atoms with Gasteiger partial charge in [0.1, 0.15) is 37.6 Å². The SMILES string of the molecule is CCCCO[C@H]1[C@H](OCCCC)[C@@H](C=O)O[C@](OC)(c2ccc(CC)c(Cc3ccc4c(c3)OCCO4)c2)[C@@H]1OCCCC. The molecule has 0 radical (unpaired) electrons. The highest BCUT2D eigenvalue weighted by Crippen LogP contribution is 2.43. The molecule has 0 aromatic heterocycles. The Morgan fingerprint density at radius 2 is 1.45 bits per heavy atom. The highest BCUT2D eigenvalue weighted by molar-refractivity contribution is 5.58. The zero-order valence-electron chi connectivity index (χ0n) is 27.3. The minimum Gasteiger partial charge on any atom is -0.486 e. The lowest BCUT2D eigenvalue weighted by Gasteiger charge is -2.51. The first kappa shape index (κ1) is 34.4. The third-order valence-electron chi connectivity index (χ3n) is 8.47. The zero-order chi connectivity index (χ0) is 31.4. The largest absolute Gasteiger partial charge is 0.486 e. The zero-order valence-corrected chi connectivity index (χ0v) is 27.3. The van der Waals surface area contributed by atoms with Crippen LogP contribution in [0.1, 0.15) is 88.5 Å².